The Morgan fingerprint density at radius 1 is 0.852 bits per heavy atom. The average molecular weight is 357 g/mol. The van der Waals surface area contributed by atoms with Crippen molar-refractivity contribution in [3.05, 3.63) is 60.2 Å². The second-order valence-corrected chi connectivity index (χ2v) is 7.64. The van der Waals surface area contributed by atoms with Gasteiger partial charge in [-0.15, -0.1) is 0 Å². The first kappa shape index (κ1) is 16.4. The number of hydrogen-bond donors (Lipinski definition) is 1. The van der Waals surface area contributed by atoms with Crippen LogP contribution in [0.3, 0.4) is 0 Å². The molecule has 3 heteroatoms. The minimum Gasteiger partial charge on any atom is -0.445 e. The van der Waals surface area contributed by atoms with Crippen LogP contribution >= 0.6 is 0 Å². The zero-order valence-electron chi connectivity index (χ0n) is 15.3. The summed E-state index contributed by atoms with van der Waals surface area (Å²) in [6.07, 6.45) is 5.49. The Morgan fingerprint density at radius 2 is 1.52 bits per heavy atom. The van der Waals surface area contributed by atoms with E-state index in [0.29, 0.717) is 6.61 Å². The zero-order chi connectivity index (χ0) is 18.2. The van der Waals surface area contributed by atoms with E-state index in [4.69, 9.17) is 4.74 Å². The normalized spacial score (nSPS) is 15.6. The summed E-state index contributed by atoms with van der Waals surface area (Å²) in [4.78, 5) is 12.2. The fourth-order valence-electron chi connectivity index (χ4n) is 4.52. The van der Waals surface area contributed by atoms with Gasteiger partial charge in [-0.1, -0.05) is 73.9 Å². The molecule has 136 valence electrons. The summed E-state index contributed by atoms with van der Waals surface area (Å²) in [7, 11) is 0. The lowest BCUT2D eigenvalue weighted by molar-refractivity contribution is 0.133. The Morgan fingerprint density at radius 3 is 2.30 bits per heavy atom. The molecule has 4 aromatic carbocycles. The Labute approximate surface area is 158 Å². The molecule has 1 saturated carbocycles. The highest BCUT2D eigenvalue weighted by atomic mass is 16.5. The number of amides is 1. The number of carbonyl (C=O) groups excluding carboxylic acids is 1. The van der Waals surface area contributed by atoms with Crippen LogP contribution in [0, 0.1) is 0 Å². The van der Waals surface area contributed by atoms with E-state index in [0.717, 1.165) is 18.4 Å². The van der Waals surface area contributed by atoms with Crippen molar-refractivity contribution in [1.82, 2.24) is 5.32 Å². The standard InChI is InChI=1S/C24H23NO2/c26-24(25-20-7-2-1-3-8-20)27-15-19-12-11-18-10-9-16-5-4-6-17-13-14-21(19)23(18)22(16)17/h4-6,9-14,20H,1-3,7-8,15H2,(H,25,26). The monoisotopic (exact) mass is 357 g/mol. The van der Waals surface area contributed by atoms with Gasteiger partial charge in [-0.2, -0.15) is 0 Å². The number of ether oxygens (including phenoxy) is 1. The number of hydrogen-bond acceptors (Lipinski definition) is 2. The van der Waals surface area contributed by atoms with Crippen molar-refractivity contribution in [2.75, 3.05) is 0 Å². The molecule has 1 N–H and O–H groups in total. The summed E-state index contributed by atoms with van der Waals surface area (Å²) >= 11 is 0. The van der Waals surface area contributed by atoms with Crippen molar-refractivity contribution in [3.63, 3.8) is 0 Å². The Balaban J connectivity index is 1.44. The smallest absolute Gasteiger partial charge is 0.407 e. The molecule has 4 aromatic rings. The molecule has 3 nitrogen and oxygen atoms in total. The predicted molar refractivity (Wildman–Crippen MR) is 110 cm³/mol. The molecule has 1 fully saturated rings. The summed E-state index contributed by atoms with van der Waals surface area (Å²) < 4.78 is 5.57. The van der Waals surface area contributed by atoms with E-state index >= 15 is 0 Å². The van der Waals surface area contributed by atoms with Crippen molar-refractivity contribution < 1.29 is 9.53 Å². The summed E-state index contributed by atoms with van der Waals surface area (Å²) in [6, 6.07) is 19.6. The maximum Gasteiger partial charge on any atom is 0.407 e. The summed E-state index contributed by atoms with van der Waals surface area (Å²) in [5, 5.41) is 10.5. The van der Waals surface area contributed by atoms with Crippen LogP contribution in [-0.4, -0.2) is 12.1 Å². The van der Waals surface area contributed by atoms with E-state index in [1.165, 1.54) is 51.6 Å². The third-order valence-electron chi connectivity index (χ3n) is 5.90. The van der Waals surface area contributed by atoms with E-state index in [1.807, 2.05) is 0 Å². The summed E-state index contributed by atoms with van der Waals surface area (Å²) in [6.45, 7) is 0.298. The maximum atomic E-state index is 12.2. The van der Waals surface area contributed by atoms with Crippen molar-refractivity contribution >= 4 is 38.4 Å². The predicted octanol–water partition coefficient (Wildman–Crippen LogP) is 6.14. The second-order valence-electron chi connectivity index (χ2n) is 7.64. The second kappa shape index (κ2) is 6.73. The molecule has 0 atom stereocenters. The van der Waals surface area contributed by atoms with Gasteiger partial charge in [0, 0.05) is 6.04 Å². The molecule has 1 aliphatic carbocycles. The maximum absolute atomic E-state index is 12.2. The van der Waals surface area contributed by atoms with Crippen LogP contribution in [0.5, 0.6) is 0 Å². The third kappa shape index (κ3) is 2.97. The number of benzene rings is 4. The van der Waals surface area contributed by atoms with Crippen molar-refractivity contribution in [2.24, 2.45) is 0 Å². The minimum atomic E-state index is -0.299. The van der Waals surface area contributed by atoms with E-state index < -0.39 is 0 Å². The van der Waals surface area contributed by atoms with Gasteiger partial charge in [-0.05, 0) is 50.7 Å². The quantitative estimate of drug-likeness (QED) is 0.447. The lowest BCUT2D eigenvalue weighted by Crippen LogP contribution is -2.36. The van der Waals surface area contributed by atoms with Crippen LogP contribution in [0.25, 0.3) is 32.3 Å². The zero-order valence-corrected chi connectivity index (χ0v) is 15.3. The van der Waals surface area contributed by atoms with E-state index in [2.05, 4.69) is 59.9 Å². The van der Waals surface area contributed by atoms with Crippen LogP contribution in [0.2, 0.25) is 0 Å². The van der Waals surface area contributed by atoms with Crippen molar-refractivity contribution in [1.29, 1.82) is 0 Å². The van der Waals surface area contributed by atoms with Crippen LogP contribution in [0.4, 0.5) is 4.79 Å². The molecule has 0 bridgehead atoms. The fraction of sp³-hybridized carbons (Fsp3) is 0.292. The average Bonchev–Trinajstić information content (AvgIpc) is 2.71. The van der Waals surface area contributed by atoms with Gasteiger partial charge in [-0.25, -0.2) is 4.79 Å². The molecule has 1 amide bonds. The molecular formula is C24H23NO2. The molecule has 1 aliphatic rings. The molecule has 0 spiro atoms. The van der Waals surface area contributed by atoms with Gasteiger partial charge in [0.2, 0.25) is 0 Å². The highest BCUT2D eigenvalue weighted by Crippen LogP contribution is 2.36. The molecule has 0 heterocycles. The molecule has 0 saturated heterocycles. The van der Waals surface area contributed by atoms with Crippen molar-refractivity contribution in [2.45, 2.75) is 44.8 Å². The van der Waals surface area contributed by atoms with E-state index in [-0.39, 0.29) is 12.1 Å². The Kier molecular flexibility index (Phi) is 4.08. The van der Waals surface area contributed by atoms with Gasteiger partial charge >= 0.3 is 6.09 Å². The minimum absolute atomic E-state index is 0.271. The van der Waals surface area contributed by atoms with Gasteiger partial charge in [0.25, 0.3) is 0 Å². The lowest BCUT2D eigenvalue weighted by atomic mass is 9.92. The summed E-state index contributed by atoms with van der Waals surface area (Å²) in [5.41, 5.74) is 1.06. The third-order valence-corrected chi connectivity index (χ3v) is 5.90. The van der Waals surface area contributed by atoms with E-state index in [9.17, 15) is 4.79 Å². The van der Waals surface area contributed by atoms with Gasteiger partial charge in [0.1, 0.15) is 6.61 Å². The van der Waals surface area contributed by atoms with Gasteiger partial charge in [0.05, 0.1) is 0 Å². The van der Waals surface area contributed by atoms with Crippen LogP contribution in [0.15, 0.2) is 54.6 Å². The molecule has 0 unspecified atom stereocenters. The van der Waals surface area contributed by atoms with Gasteiger partial charge in [-0.3, -0.25) is 0 Å². The fourth-order valence-corrected chi connectivity index (χ4v) is 4.52. The van der Waals surface area contributed by atoms with E-state index in [1.54, 1.807) is 0 Å². The first-order valence-corrected chi connectivity index (χ1v) is 9.88. The number of carbonyl (C=O) groups is 1. The molecule has 0 radical (unpaired) electrons. The number of rotatable bonds is 3. The first-order valence-electron chi connectivity index (χ1n) is 9.88. The Hall–Kier alpha value is -2.81. The lowest BCUT2D eigenvalue weighted by Gasteiger charge is -2.22. The Bertz CT molecular complexity index is 1100. The molecule has 5 rings (SSSR count). The van der Waals surface area contributed by atoms with Crippen LogP contribution < -0.4 is 5.32 Å². The first-order chi connectivity index (χ1) is 13.3. The van der Waals surface area contributed by atoms with Crippen LogP contribution in [0.1, 0.15) is 37.7 Å². The van der Waals surface area contributed by atoms with Gasteiger partial charge in [0.15, 0.2) is 0 Å². The number of alkyl carbamates (subject to hydrolysis) is 1. The number of nitrogens with one attached hydrogen (secondary N) is 1. The largest absolute Gasteiger partial charge is 0.445 e. The highest BCUT2D eigenvalue weighted by molar-refractivity contribution is 6.23. The van der Waals surface area contributed by atoms with Gasteiger partial charge < -0.3 is 10.1 Å². The van der Waals surface area contributed by atoms with Crippen molar-refractivity contribution in [3.8, 4) is 0 Å². The molecule has 0 aliphatic heterocycles. The molecule has 0 aromatic heterocycles. The molecular weight excluding hydrogens is 334 g/mol. The SMILES string of the molecule is O=C(NC1CCCCC1)OCc1ccc2ccc3cccc4ccc1c2c34. The topological polar surface area (TPSA) is 38.3 Å². The van der Waals surface area contributed by atoms with Crippen LogP contribution in [-0.2, 0) is 11.3 Å². The molecule has 27 heavy (non-hydrogen) atoms. The highest BCUT2D eigenvalue weighted by Gasteiger charge is 2.17. The summed E-state index contributed by atoms with van der Waals surface area (Å²) in [5.74, 6) is 0.